The third-order valence-electron chi connectivity index (χ3n) is 2.36. The van der Waals surface area contributed by atoms with Crippen molar-refractivity contribution < 1.29 is 18.6 Å². The number of aromatic nitrogens is 1. The van der Waals surface area contributed by atoms with Crippen LogP contribution in [0.25, 0.3) is 0 Å². The van der Waals surface area contributed by atoms with Gasteiger partial charge in [-0.3, -0.25) is 4.98 Å². The molecule has 0 aliphatic rings. The standard InChI is InChI=1S/C13H11F2NO2/c1-8-4-13(9(7-17)6-16-8)18-12-3-2-10(14)5-11(12)15/h2-6,17H,7H2,1H3. The molecule has 3 nitrogen and oxygen atoms in total. The minimum atomic E-state index is -0.798. The predicted octanol–water partition coefficient (Wildman–Crippen LogP) is 2.95. The summed E-state index contributed by atoms with van der Waals surface area (Å²) in [4.78, 5) is 4.00. The van der Waals surface area contributed by atoms with Crippen molar-refractivity contribution in [1.29, 1.82) is 0 Å². The van der Waals surface area contributed by atoms with Gasteiger partial charge in [0.25, 0.3) is 0 Å². The van der Waals surface area contributed by atoms with Crippen LogP contribution in [0.1, 0.15) is 11.3 Å². The highest BCUT2D eigenvalue weighted by Crippen LogP contribution is 2.28. The van der Waals surface area contributed by atoms with Crippen LogP contribution in [0.4, 0.5) is 8.78 Å². The SMILES string of the molecule is Cc1cc(Oc2ccc(F)cc2F)c(CO)cn1. The van der Waals surface area contributed by atoms with Crippen LogP contribution in [0.2, 0.25) is 0 Å². The molecule has 1 aromatic heterocycles. The lowest BCUT2D eigenvalue weighted by Crippen LogP contribution is -1.96. The number of hydrogen-bond acceptors (Lipinski definition) is 3. The number of pyridine rings is 1. The molecule has 1 N–H and O–H groups in total. The maximum atomic E-state index is 13.4. The van der Waals surface area contributed by atoms with Gasteiger partial charge in [0.15, 0.2) is 11.6 Å². The molecule has 0 fully saturated rings. The van der Waals surface area contributed by atoms with E-state index in [1.54, 1.807) is 13.0 Å². The van der Waals surface area contributed by atoms with Gasteiger partial charge in [0.2, 0.25) is 0 Å². The topological polar surface area (TPSA) is 42.4 Å². The second-order valence-electron chi connectivity index (χ2n) is 3.77. The molecule has 18 heavy (non-hydrogen) atoms. The molecule has 1 aromatic carbocycles. The molecule has 1 heterocycles. The molecular formula is C13H11F2NO2. The Balaban J connectivity index is 2.36. The van der Waals surface area contributed by atoms with Crippen LogP contribution in [0.15, 0.2) is 30.5 Å². The van der Waals surface area contributed by atoms with Gasteiger partial charge >= 0.3 is 0 Å². The van der Waals surface area contributed by atoms with E-state index in [4.69, 9.17) is 9.84 Å². The normalized spacial score (nSPS) is 10.4. The molecule has 0 bridgehead atoms. The summed E-state index contributed by atoms with van der Waals surface area (Å²) in [7, 11) is 0. The molecule has 0 saturated heterocycles. The molecule has 0 spiro atoms. The van der Waals surface area contributed by atoms with Crippen LogP contribution < -0.4 is 4.74 Å². The first-order chi connectivity index (χ1) is 8.60. The van der Waals surface area contributed by atoms with Crippen LogP contribution in [-0.4, -0.2) is 10.1 Å². The Hall–Kier alpha value is -2.01. The van der Waals surface area contributed by atoms with Gasteiger partial charge < -0.3 is 9.84 Å². The number of benzene rings is 1. The van der Waals surface area contributed by atoms with Gasteiger partial charge in [-0.05, 0) is 19.1 Å². The van der Waals surface area contributed by atoms with E-state index in [9.17, 15) is 8.78 Å². The van der Waals surface area contributed by atoms with Gasteiger partial charge in [0.05, 0.1) is 6.61 Å². The third-order valence-corrected chi connectivity index (χ3v) is 2.36. The van der Waals surface area contributed by atoms with Crippen molar-refractivity contribution in [2.75, 3.05) is 0 Å². The number of aryl methyl sites for hydroxylation is 1. The maximum Gasteiger partial charge on any atom is 0.168 e. The minimum Gasteiger partial charge on any atom is -0.454 e. The Morgan fingerprint density at radius 2 is 2.00 bits per heavy atom. The summed E-state index contributed by atoms with van der Waals surface area (Å²) in [6, 6.07) is 4.61. The van der Waals surface area contributed by atoms with Crippen LogP contribution in [0, 0.1) is 18.6 Å². The molecule has 2 aromatic rings. The number of aliphatic hydroxyl groups excluding tert-OH is 1. The van der Waals surface area contributed by atoms with Gasteiger partial charge in [-0.25, -0.2) is 8.78 Å². The predicted molar refractivity (Wildman–Crippen MR) is 61.3 cm³/mol. The summed E-state index contributed by atoms with van der Waals surface area (Å²) in [5.41, 5.74) is 1.11. The minimum absolute atomic E-state index is 0.100. The summed E-state index contributed by atoms with van der Waals surface area (Å²) in [5.74, 6) is -1.27. The second kappa shape index (κ2) is 5.10. The largest absolute Gasteiger partial charge is 0.454 e. The fraction of sp³-hybridized carbons (Fsp3) is 0.154. The fourth-order valence-corrected chi connectivity index (χ4v) is 1.45. The van der Waals surface area contributed by atoms with E-state index in [1.165, 1.54) is 12.3 Å². The van der Waals surface area contributed by atoms with Gasteiger partial charge in [0.1, 0.15) is 11.6 Å². The van der Waals surface area contributed by atoms with Crippen molar-refractivity contribution in [2.24, 2.45) is 0 Å². The first kappa shape index (κ1) is 12.4. The first-order valence-corrected chi connectivity index (χ1v) is 5.29. The summed E-state index contributed by atoms with van der Waals surface area (Å²) in [6.07, 6.45) is 1.45. The molecule has 0 saturated carbocycles. The van der Waals surface area contributed by atoms with Crippen molar-refractivity contribution in [3.05, 3.63) is 53.4 Å². The molecule has 0 aliphatic carbocycles. The molecule has 2 rings (SSSR count). The first-order valence-electron chi connectivity index (χ1n) is 5.29. The highest BCUT2D eigenvalue weighted by molar-refractivity contribution is 5.37. The summed E-state index contributed by atoms with van der Waals surface area (Å²) < 4.78 is 31.5. The van der Waals surface area contributed by atoms with Gasteiger partial charge in [-0.15, -0.1) is 0 Å². The van der Waals surface area contributed by atoms with E-state index in [0.717, 1.165) is 12.1 Å². The molecule has 5 heteroatoms. The van der Waals surface area contributed by atoms with Crippen LogP contribution >= 0.6 is 0 Å². The number of ether oxygens (including phenoxy) is 1. The molecule has 0 radical (unpaired) electrons. The Labute approximate surface area is 103 Å². The van der Waals surface area contributed by atoms with E-state index in [-0.39, 0.29) is 12.4 Å². The zero-order chi connectivity index (χ0) is 13.1. The van der Waals surface area contributed by atoms with Crippen LogP contribution in [-0.2, 0) is 6.61 Å². The van der Waals surface area contributed by atoms with Crippen molar-refractivity contribution in [1.82, 2.24) is 4.98 Å². The molecular weight excluding hydrogens is 240 g/mol. The van der Waals surface area contributed by atoms with Crippen molar-refractivity contribution >= 4 is 0 Å². The number of rotatable bonds is 3. The highest BCUT2D eigenvalue weighted by Gasteiger charge is 2.10. The smallest absolute Gasteiger partial charge is 0.168 e. The lowest BCUT2D eigenvalue weighted by Gasteiger charge is -2.10. The Kier molecular flexibility index (Phi) is 3.53. The Bertz CT molecular complexity index is 573. The summed E-state index contributed by atoms with van der Waals surface area (Å²) >= 11 is 0. The van der Waals surface area contributed by atoms with Crippen LogP contribution in [0.5, 0.6) is 11.5 Å². The Morgan fingerprint density at radius 3 is 2.67 bits per heavy atom. The third kappa shape index (κ3) is 2.62. The monoisotopic (exact) mass is 251 g/mol. The maximum absolute atomic E-state index is 13.4. The Morgan fingerprint density at radius 1 is 1.22 bits per heavy atom. The number of halogens is 2. The number of nitrogens with zero attached hydrogens (tertiary/aromatic N) is 1. The number of aliphatic hydroxyl groups is 1. The zero-order valence-corrected chi connectivity index (χ0v) is 9.65. The van der Waals surface area contributed by atoms with Crippen molar-refractivity contribution in [2.45, 2.75) is 13.5 Å². The van der Waals surface area contributed by atoms with Gasteiger partial charge in [-0.2, -0.15) is 0 Å². The lowest BCUT2D eigenvalue weighted by atomic mass is 10.2. The average Bonchev–Trinajstić information content (AvgIpc) is 2.33. The molecule has 0 atom stereocenters. The second-order valence-corrected chi connectivity index (χ2v) is 3.77. The quantitative estimate of drug-likeness (QED) is 0.911. The van der Waals surface area contributed by atoms with E-state index in [2.05, 4.69) is 4.98 Å². The number of hydrogen-bond donors (Lipinski definition) is 1. The molecule has 94 valence electrons. The van der Waals surface area contributed by atoms with Crippen molar-refractivity contribution in [3.63, 3.8) is 0 Å². The van der Waals surface area contributed by atoms with Gasteiger partial charge in [0, 0.05) is 29.6 Å². The highest BCUT2D eigenvalue weighted by atomic mass is 19.1. The molecule has 0 aliphatic heterocycles. The average molecular weight is 251 g/mol. The van der Waals surface area contributed by atoms with E-state index in [0.29, 0.717) is 17.0 Å². The van der Waals surface area contributed by atoms with E-state index < -0.39 is 11.6 Å². The molecule has 0 unspecified atom stereocenters. The van der Waals surface area contributed by atoms with Gasteiger partial charge in [-0.1, -0.05) is 0 Å². The lowest BCUT2D eigenvalue weighted by molar-refractivity contribution is 0.275. The fourth-order valence-electron chi connectivity index (χ4n) is 1.45. The van der Waals surface area contributed by atoms with E-state index >= 15 is 0 Å². The van der Waals surface area contributed by atoms with Crippen LogP contribution in [0.3, 0.4) is 0 Å². The van der Waals surface area contributed by atoms with Crippen molar-refractivity contribution in [3.8, 4) is 11.5 Å². The summed E-state index contributed by atoms with van der Waals surface area (Å²) in [6.45, 7) is 1.47. The zero-order valence-electron chi connectivity index (χ0n) is 9.65. The van der Waals surface area contributed by atoms with E-state index in [1.807, 2.05) is 0 Å². The molecule has 0 amide bonds. The summed E-state index contributed by atoms with van der Waals surface area (Å²) in [5, 5.41) is 9.13.